The zero-order valence-corrected chi connectivity index (χ0v) is 29.2. The highest BCUT2D eigenvalue weighted by atomic mass is 19.1. The first-order valence-corrected chi connectivity index (χ1v) is 17.6. The Hall–Kier alpha value is -4.19. The van der Waals surface area contributed by atoms with Crippen molar-refractivity contribution >= 4 is 21.9 Å². The number of H-pyrrole nitrogens is 2. The fraction of sp³-hybridized carbons (Fsp3) is 0.436. The van der Waals surface area contributed by atoms with E-state index in [0.29, 0.717) is 25.1 Å². The first kappa shape index (κ1) is 34.3. The number of aromatic amines is 2. The van der Waals surface area contributed by atoms with E-state index in [1.165, 1.54) is 26.0 Å². The molecule has 0 unspecified atom stereocenters. The van der Waals surface area contributed by atoms with Crippen LogP contribution >= 0.6 is 0 Å². The molecule has 2 aliphatic rings. The Kier molecular flexibility index (Phi) is 9.49. The van der Waals surface area contributed by atoms with Crippen LogP contribution in [-0.4, -0.2) is 87.2 Å². The van der Waals surface area contributed by atoms with Crippen LogP contribution in [-0.2, 0) is 19.4 Å². The van der Waals surface area contributed by atoms with Gasteiger partial charge in [0.25, 0.3) is 5.56 Å². The van der Waals surface area contributed by atoms with Gasteiger partial charge in [0.05, 0.1) is 17.1 Å². The van der Waals surface area contributed by atoms with Crippen LogP contribution in [0, 0.1) is 11.6 Å². The number of hydrogen-bond donors (Lipinski definition) is 2. The van der Waals surface area contributed by atoms with Gasteiger partial charge in [-0.25, -0.2) is 13.2 Å². The number of piperazine rings is 1. The molecule has 0 aliphatic carbocycles. The van der Waals surface area contributed by atoms with E-state index in [2.05, 4.69) is 24.8 Å². The molecule has 0 spiro atoms. The maximum atomic E-state index is 16.0. The normalized spacial score (nSPS) is 19.3. The molecule has 50 heavy (non-hydrogen) atoms. The fourth-order valence-corrected chi connectivity index (χ4v) is 7.64. The third kappa shape index (κ3) is 7.04. The van der Waals surface area contributed by atoms with Gasteiger partial charge in [0.2, 0.25) is 0 Å². The lowest BCUT2D eigenvalue weighted by molar-refractivity contribution is 0.0642. The summed E-state index contributed by atoms with van der Waals surface area (Å²) in [5.74, 6) is -1.29. The van der Waals surface area contributed by atoms with Gasteiger partial charge in [0, 0.05) is 97.9 Å². The summed E-state index contributed by atoms with van der Waals surface area (Å²) >= 11 is 0. The Bertz CT molecular complexity index is 2040. The summed E-state index contributed by atoms with van der Waals surface area (Å²) < 4.78 is 53.1. The zero-order valence-electron chi connectivity index (χ0n) is 29.2. The number of rotatable bonds is 10. The third-order valence-electron chi connectivity index (χ3n) is 10.2. The molecule has 0 saturated carbocycles. The van der Waals surface area contributed by atoms with E-state index in [-0.39, 0.29) is 36.1 Å². The first-order valence-electron chi connectivity index (χ1n) is 17.6. The average Bonchev–Trinajstić information content (AvgIpc) is 3.43. The molecule has 11 heteroatoms. The van der Waals surface area contributed by atoms with E-state index in [9.17, 15) is 4.79 Å². The molecule has 1 saturated heterocycles. The van der Waals surface area contributed by atoms with Crippen molar-refractivity contribution in [1.82, 2.24) is 29.7 Å². The summed E-state index contributed by atoms with van der Waals surface area (Å²) in [4.78, 5) is 29.7. The number of halogens is 3. The number of aromatic nitrogens is 3. The van der Waals surface area contributed by atoms with E-state index in [4.69, 9.17) is 4.74 Å². The van der Waals surface area contributed by atoms with Crippen molar-refractivity contribution in [3.63, 3.8) is 0 Å². The SMILES string of the molecule is CCc1cc2ncc(CN3CCN(CCOc4cc(F)c([C@@H]5c6[nH]c7ccccc7c6C[C@@H](C)N5CC(C)(C)F)c(F)c4)CC3)cc2[nH]c1=O. The quantitative estimate of drug-likeness (QED) is 0.174. The standard InChI is InChI=1S/C39H45F3N6O2/c1-5-26-18-33-34(45-38(26)49)17-25(21-43-33)22-47-12-10-46(11-13-47)14-15-50-27-19-30(40)35(31(41)20-27)37-36-29(28-8-6-7-9-32(28)44-36)16-24(2)48(37)23-39(3,4)42/h6-9,17-21,24,37,44H,5,10-16,22-23H2,1-4H3,(H,45,49)/t24-,37-/m1/s1. The van der Waals surface area contributed by atoms with Crippen molar-refractivity contribution < 1.29 is 17.9 Å². The Balaban J connectivity index is 0.994. The largest absolute Gasteiger partial charge is 0.492 e. The monoisotopic (exact) mass is 686 g/mol. The van der Waals surface area contributed by atoms with Gasteiger partial charge < -0.3 is 14.7 Å². The first-order chi connectivity index (χ1) is 24.0. The second-order valence-electron chi connectivity index (χ2n) is 14.4. The zero-order chi connectivity index (χ0) is 35.2. The van der Waals surface area contributed by atoms with Crippen LogP contribution in [0.4, 0.5) is 13.2 Å². The van der Waals surface area contributed by atoms with Crippen LogP contribution in [0.1, 0.15) is 61.7 Å². The summed E-state index contributed by atoms with van der Waals surface area (Å²) in [6.07, 6.45) is 3.18. The summed E-state index contributed by atoms with van der Waals surface area (Å²) in [7, 11) is 0. The Labute approximate surface area is 290 Å². The molecule has 5 aromatic rings. The molecule has 2 aliphatic heterocycles. The van der Waals surface area contributed by atoms with Gasteiger partial charge in [-0.2, -0.15) is 0 Å². The number of nitrogens with one attached hydrogen (secondary N) is 2. The van der Waals surface area contributed by atoms with Crippen molar-refractivity contribution in [3.8, 4) is 5.75 Å². The van der Waals surface area contributed by atoms with Gasteiger partial charge >= 0.3 is 0 Å². The number of fused-ring (bicyclic) bond motifs is 4. The lowest BCUT2D eigenvalue weighted by Gasteiger charge is -2.43. The van der Waals surface area contributed by atoms with Crippen LogP contribution in [0.5, 0.6) is 5.75 Å². The molecule has 3 aromatic heterocycles. The minimum atomic E-state index is -1.56. The van der Waals surface area contributed by atoms with E-state index in [1.807, 2.05) is 61.3 Å². The number of alkyl halides is 1. The maximum absolute atomic E-state index is 16.0. The topological polar surface area (TPSA) is 80.5 Å². The van der Waals surface area contributed by atoms with Gasteiger partial charge in [-0.05, 0) is 62.9 Å². The predicted molar refractivity (Wildman–Crippen MR) is 191 cm³/mol. The average molecular weight is 687 g/mol. The van der Waals surface area contributed by atoms with E-state index >= 15 is 13.2 Å². The summed E-state index contributed by atoms with van der Waals surface area (Å²) in [6, 6.07) is 13.3. The number of para-hydroxylation sites is 1. The predicted octanol–water partition coefficient (Wildman–Crippen LogP) is 6.53. The molecule has 2 N–H and O–H groups in total. The highest BCUT2D eigenvalue weighted by Gasteiger charge is 2.41. The molecule has 5 heterocycles. The molecule has 264 valence electrons. The van der Waals surface area contributed by atoms with Gasteiger partial charge in [0.15, 0.2) is 0 Å². The summed E-state index contributed by atoms with van der Waals surface area (Å²) in [6.45, 7) is 12.0. The van der Waals surface area contributed by atoms with Gasteiger partial charge in [-0.1, -0.05) is 25.1 Å². The third-order valence-corrected chi connectivity index (χ3v) is 10.2. The van der Waals surface area contributed by atoms with Gasteiger partial charge in [0.1, 0.15) is 29.7 Å². The number of nitrogens with zero attached hydrogens (tertiary/aromatic N) is 4. The van der Waals surface area contributed by atoms with Crippen LogP contribution in [0.3, 0.4) is 0 Å². The number of hydrogen-bond acceptors (Lipinski definition) is 6. The van der Waals surface area contributed by atoms with Crippen molar-refractivity contribution in [2.75, 3.05) is 45.9 Å². The minimum absolute atomic E-state index is 0.0257. The van der Waals surface area contributed by atoms with Crippen molar-refractivity contribution in [3.05, 3.63) is 105 Å². The van der Waals surface area contributed by atoms with Crippen LogP contribution < -0.4 is 10.3 Å². The minimum Gasteiger partial charge on any atom is -0.492 e. The number of pyridine rings is 2. The fourth-order valence-electron chi connectivity index (χ4n) is 7.64. The van der Waals surface area contributed by atoms with E-state index in [1.54, 1.807) is 0 Å². The molecule has 0 radical (unpaired) electrons. The highest BCUT2D eigenvalue weighted by molar-refractivity contribution is 5.85. The molecule has 8 nitrogen and oxygen atoms in total. The van der Waals surface area contributed by atoms with E-state index < -0.39 is 23.3 Å². The second-order valence-corrected chi connectivity index (χ2v) is 14.4. The highest BCUT2D eigenvalue weighted by Crippen LogP contribution is 2.43. The molecule has 0 amide bonds. The summed E-state index contributed by atoms with van der Waals surface area (Å²) in [5, 5.41) is 1.02. The van der Waals surface area contributed by atoms with Crippen molar-refractivity contribution in [1.29, 1.82) is 0 Å². The molecule has 1 fully saturated rings. The number of ether oxygens (including phenoxy) is 1. The van der Waals surface area contributed by atoms with Gasteiger partial charge in [-0.15, -0.1) is 0 Å². The molecule has 0 bridgehead atoms. The van der Waals surface area contributed by atoms with E-state index in [0.717, 1.165) is 71.4 Å². The molecule has 2 aromatic carbocycles. The van der Waals surface area contributed by atoms with Crippen molar-refractivity contribution in [2.24, 2.45) is 0 Å². The van der Waals surface area contributed by atoms with Crippen molar-refractivity contribution in [2.45, 2.75) is 64.8 Å². The molecule has 2 atom stereocenters. The molecular weight excluding hydrogens is 641 g/mol. The molecular formula is C39H45F3N6O2. The Morgan fingerprint density at radius 3 is 2.42 bits per heavy atom. The van der Waals surface area contributed by atoms with Gasteiger partial charge in [-0.3, -0.25) is 24.5 Å². The molecule has 7 rings (SSSR count). The smallest absolute Gasteiger partial charge is 0.251 e. The van der Waals surface area contributed by atoms with Crippen LogP contribution in [0.2, 0.25) is 0 Å². The second kappa shape index (κ2) is 13.8. The van der Waals surface area contributed by atoms with Crippen LogP contribution in [0.25, 0.3) is 21.9 Å². The number of aryl methyl sites for hydroxylation is 1. The lowest BCUT2D eigenvalue weighted by atomic mass is 9.87. The Morgan fingerprint density at radius 1 is 0.980 bits per heavy atom. The Morgan fingerprint density at radius 2 is 1.70 bits per heavy atom. The lowest BCUT2D eigenvalue weighted by Crippen LogP contribution is -2.48. The number of benzene rings is 2. The maximum Gasteiger partial charge on any atom is 0.251 e. The summed E-state index contributed by atoms with van der Waals surface area (Å²) in [5.41, 5.74) is 4.20. The van der Waals surface area contributed by atoms with Crippen LogP contribution in [0.15, 0.2) is 59.5 Å².